The van der Waals surface area contributed by atoms with E-state index in [4.69, 9.17) is 10.5 Å². The molecule has 3 aromatic rings. The number of nitrogens with two attached hydrogens (primary N) is 1. The van der Waals surface area contributed by atoms with Gasteiger partial charge in [-0.25, -0.2) is 9.59 Å². The first-order valence-corrected chi connectivity index (χ1v) is 9.65. The van der Waals surface area contributed by atoms with Crippen LogP contribution >= 0.6 is 0 Å². The maximum Gasteiger partial charge on any atom is 0.338 e. The predicted octanol–water partition coefficient (Wildman–Crippen LogP) is 1.61. The van der Waals surface area contributed by atoms with Crippen molar-refractivity contribution in [2.75, 3.05) is 17.6 Å². The molecule has 0 unspecified atom stereocenters. The molecule has 1 saturated heterocycles. The summed E-state index contributed by atoms with van der Waals surface area (Å²) in [6.07, 6.45) is 0. The average molecular weight is 433 g/mol. The molecule has 1 fully saturated rings. The Bertz CT molecular complexity index is 1140. The lowest BCUT2D eigenvalue weighted by Crippen LogP contribution is -2.30. The fourth-order valence-corrected chi connectivity index (χ4v) is 2.97. The van der Waals surface area contributed by atoms with Crippen molar-refractivity contribution >= 4 is 35.5 Å². The van der Waals surface area contributed by atoms with E-state index in [1.54, 1.807) is 24.3 Å². The van der Waals surface area contributed by atoms with Crippen LogP contribution < -0.4 is 16.4 Å². The van der Waals surface area contributed by atoms with Crippen LogP contribution in [0.15, 0.2) is 54.6 Å². The minimum atomic E-state index is -0.580. The monoisotopic (exact) mass is 433 g/mol. The van der Waals surface area contributed by atoms with Gasteiger partial charge in [0, 0.05) is 5.69 Å². The minimum Gasteiger partial charge on any atom is -0.454 e. The van der Waals surface area contributed by atoms with Crippen LogP contribution in [0.25, 0.3) is 0 Å². The van der Waals surface area contributed by atoms with Gasteiger partial charge >= 0.3 is 12.0 Å². The quantitative estimate of drug-likeness (QED) is 0.372. The summed E-state index contributed by atoms with van der Waals surface area (Å²) in [6, 6.07) is 15.3. The van der Waals surface area contributed by atoms with E-state index in [9.17, 15) is 14.4 Å². The molecule has 11 heteroatoms. The van der Waals surface area contributed by atoms with Gasteiger partial charge in [0.05, 0.1) is 18.7 Å². The lowest BCUT2D eigenvalue weighted by Gasteiger charge is -2.12. The summed E-state index contributed by atoms with van der Waals surface area (Å²) in [7, 11) is 0. The van der Waals surface area contributed by atoms with Gasteiger partial charge in [0.1, 0.15) is 0 Å². The number of nitrogens with zero attached hydrogens (tertiary/aromatic N) is 4. The summed E-state index contributed by atoms with van der Waals surface area (Å²) in [5, 5.41) is 5.46. The van der Waals surface area contributed by atoms with Crippen LogP contribution in [-0.2, 0) is 22.7 Å². The zero-order valence-corrected chi connectivity index (χ0v) is 16.8. The number of aromatic nitrogens is 3. The van der Waals surface area contributed by atoms with E-state index < -0.39 is 12.0 Å². The number of esters is 1. The first-order valence-electron chi connectivity index (χ1n) is 9.65. The molecule has 1 aromatic heterocycles. The number of nitrogens with one attached hydrogen (secondary N) is 2. The van der Waals surface area contributed by atoms with Crippen molar-refractivity contribution in [2.45, 2.75) is 13.2 Å². The number of carbonyl (C=O) groups excluding carboxylic acids is 3. The molecule has 32 heavy (non-hydrogen) atoms. The summed E-state index contributed by atoms with van der Waals surface area (Å²) < 4.78 is 5.28. The van der Waals surface area contributed by atoms with Crippen molar-refractivity contribution in [3.8, 4) is 0 Å². The van der Waals surface area contributed by atoms with Gasteiger partial charge in [-0.05, 0) is 29.8 Å². The van der Waals surface area contributed by atoms with Crippen molar-refractivity contribution in [1.82, 2.24) is 25.2 Å². The van der Waals surface area contributed by atoms with Crippen molar-refractivity contribution in [3.05, 3.63) is 71.5 Å². The van der Waals surface area contributed by atoms with E-state index in [-0.39, 0.29) is 43.3 Å². The first kappa shape index (κ1) is 20.7. The molecule has 0 aliphatic carbocycles. The molecular weight excluding hydrogens is 414 g/mol. The van der Waals surface area contributed by atoms with Crippen LogP contribution in [0.1, 0.15) is 21.7 Å². The topological polar surface area (TPSA) is 152 Å². The SMILES string of the molecule is Nc1nc(COC(=O)c2ccc(CN3C(=O)CNC3=O)cc2)nc(Nc2ccccc2)n1. The fourth-order valence-electron chi connectivity index (χ4n) is 2.97. The first-order chi connectivity index (χ1) is 15.5. The van der Waals surface area contributed by atoms with E-state index in [0.29, 0.717) is 11.1 Å². The average Bonchev–Trinajstić information content (AvgIpc) is 3.10. The van der Waals surface area contributed by atoms with Gasteiger partial charge < -0.3 is 21.1 Å². The molecule has 0 radical (unpaired) electrons. The highest BCUT2D eigenvalue weighted by Crippen LogP contribution is 2.14. The Balaban J connectivity index is 1.36. The number of benzene rings is 2. The lowest BCUT2D eigenvalue weighted by atomic mass is 10.1. The maximum atomic E-state index is 12.4. The lowest BCUT2D eigenvalue weighted by molar-refractivity contribution is -0.125. The Morgan fingerprint density at radius 3 is 2.50 bits per heavy atom. The zero-order chi connectivity index (χ0) is 22.5. The molecule has 0 spiro atoms. The van der Waals surface area contributed by atoms with Gasteiger partial charge in [0.15, 0.2) is 12.4 Å². The molecule has 1 aliphatic heterocycles. The summed E-state index contributed by atoms with van der Waals surface area (Å²) in [6.45, 7) is -0.0754. The number of para-hydroxylation sites is 1. The van der Waals surface area contributed by atoms with E-state index in [0.717, 1.165) is 10.6 Å². The molecule has 11 nitrogen and oxygen atoms in total. The largest absolute Gasteiger partial charge is 0.454 e. The number of carbonyl (C=O) groups is 3. The summed E-state index contributed by atoms with van der Waals surface area (Å²) in [5.74, 6) is -0.451. The predicted molar refractivity (Wildman–Crippen MR) is 113 cm³/mol. The second-order valence-corrected chi connectivity index (χ2v) is 6.84. The smallest absolute Gasteiger partial charge is 0.338 e. The second kappa shape index (κ2) is 9.08. The summed E-state index contributed by atoms with van der Waals surface area (Å²) in [5.41, 5.74) is 7.51. The molecule has 0 atom stereocenters. The highest BCUT2D eigenvalue weighted by Gasteiger charge is 2.28. The van der Waals surface area contributed by atoms with Gasteiger partial charge in [-0.1, -0.05) is 30.3 Å². The Hall–Kier alpha value is -4.54. The van der Waals surface area contributed by atoms with Crippen LogP contribution in [0.4, 0.5) is 22.4 Å². The Kier molecular flexibility index (Phi) is 5.88. The third-order valence-corrected chi connectivity index (χ3v) is 4.53. The van der Waals surface area contributed by atoms with Crippen LogP contribution in [0.3, 0.4) is 0 Å². The van der Waals surface area contributed by atoms with Gasteiger partial charge in [-0.2, -0.15) is 15.0 Å². The second-order valence-electron chi connectivity index (χ2n) is 6.84. The molecule has 4 rings (SSSR count). The van der Waals surface area contributed by atoms with Crippen LogP contribution in [0.5, 0.6) is 0 Å². The van der Waals surface area contributed by atoms with E-state index in [1.807, 2.05) is 30.3 Å². The van der Waals surface area contributed by atoms with Gasteiger partial charge in [0.2, 0.25) is 17.8 Å². The van der Waals surface area contributed by atoms with Gasteiger partial charge in [0.25, 0.3) is 0 Å². The fraction of sp³-hybridized carbons (Fsp3) is 0.143. The highest BCUT2D eigenvalue weighted by atomic mass is 16.5. The molecule has 0 bridgehead atoms. The number of hydrogen-bond acceptors (Lipinski definition) is 9. The number of amides is 3. The number of rotatable bonds is 7. The maximum absolute atomic E-state index is 12.4. The Labute approximate surface area is 182 Å². The van der Waals surface area contributed by atoms with E-state index in [1.165, 1.54) is 0 Å². The molecule has 0 saturated carbocycles. The van der Waals surface area contributed by atoms with Crippen LogP contribution in [0.2, 0.25) is 0 Å². The number of nitrogen functional groups attached to an aromatic ring is 1. The molecule has 2 heterocycles. The van der Waals surface area contributed by atoms with Crippen molar-refractivity contribution in [1.29, 1.82) is 0 Å². The normalized spacial score (nSPS) is 13.1. The third kappa shape index (κ3) is 4.95. The van der Waals surface area contributed by atoms with E-state index >= 15 is 0 Å². The Morgan fingerprint density at radius 2 is 1.81 bits per heavy atom. The zero-order valence-electron chi connectivity index (χ0n) is 16.8. The Morgan fingerprint density at radius 1 is 1.06 bits per heavy atom. The van der Waals surface area contributed by atoms with Crippen LogP contribution in [0, 0.1) is 0 Å². The third-order valence-electron chi connectivity index (χ3n) is 4.53. The van der Waals surface area contributed by atoms with Crippen LogP contribution in [-0.4, -0.2) is 44.3 Å². The van der Waals surface area contributed by atoms with Gasteiger partial charge in [-0.3, -0.25) is 9.69 Å². The number of imide groups is 1. The number of ether oxygens (including phenoxy) is 1. The molecular formula is C21H19N7O4. The number of urea groups is 1. The van der Waals surface area contributed by atoms with Gasteiger partial charge in [-0.15, -0.1) is 0 Å². The highest BCUT2D eigenvalue weighted by molar-refractivity contribution is 6.01. The summed E-state index contributed by atoms with van der Waals surface area (Å²) in [4.78, 5) is 49.0. The number of hydrogen-bond donors (Lipinski definition) is 3. The molecule has 3 amide bonds. The minimum absolute atomic E-state index is 0.00525. The van der Waals surface area contributed by atoms with Crippen molar-refractivity contribution in [3.63, 3.8) is 0 Å². The molecule has 4 N–H and O–H groups in total. The van der Waals surface area contributed by atoms with Crippen molar-refractivity contribution in [2.24, 2.45) is 0 Å². The molecule has 162 valence electrons. The standard InChI is InChI=1S/C21H19N7O4/c22-19-25-16(26-20(27-19)24-15-4-2-1-3-5-15)12-32-18(30)14-8-6-13(7-9-14)11-28-17(29)10-23-21(28)31/h1-9H,10-12H2,(H,23,31)(H3,22,24,25,26,27). The van der Waals surface area contributed by atoms with E-state index in [2.05, 4.69) is 25.6 Å². The number of anilines is 3. The molecule has 2 aromatic carbocycles. The molecule has 1 aliphatic rings. The summed E-state index contributed by atoms with van der Waals surface area (Å²) >= 11 is 0. The van der Waals surface area contributed by atoms with Crippen molar-refractivity contribution < 1.29 is 19.1 Å².